The number of carbonyl (C=O) groups is 2. The molecule has 1 aliphatic carbocycles. The molecule has 2 heterocycles. The number of nitriles is 1. The fourth-order valence-corrected chi connectivity index (χ4v) is 4.15. The van der Waals surface area contributed by atoms with Gasteiger partial charge in [0, 0.05) is 37.5 Å². The number of piperazine rings is 1. The van der Waals surface area contributed by atoms with Gasteiger partial charge in [0.2, 0.25) is 5.91 Å². The molecule has 1 saturated carbocycles. The van der Waals surface area contributed by atoms with Crippen LogP contribution in [0, 0.1) is 17.2 Å². The number of pyridine rings is 1. The summed E-state index contributed by atoms with van der Waals surface area (Å²) in [6.07, 6.45) is 5.81. The largest absolute Gasteiger partial charge is 0.383 e. The summed E-state index contributed by atoms with van der Waals surface area (Å²) in [5.74, 6) is 0.603. The number of nitrogens with two attached hydrogens (primary N) is 1. The third-order valence-corrected chi connectivity index (χ3v) is 6.24. The molecule has 2 N–H and O–H groups in total. The Kier molecular flexibility index (Phi) is 5.40. The maximum absolute atomic E-state index is 13.4. The number of nitrogen functional groups attached to an aromatic ring is 1. The van der Waals surface area contributed by atoms with Crippen molar-refractivity contribution in [3.63, 3.8) is 0 Å². The Balaban J connectivity index is 1.61. The molecule has 7 nitrogen and oxygen atoms in total. The van der Waals surface area contributed by atoms with Crippen molar-refractivity contribution in [1.29, 1.82) is 5.26 Å². The highest BCUT2D eigenvalue weighted by Crippen LogP contribution is 2.33. The molecule has 154 valence electrons. The fourth-order valence-electron chi connectivity index (χ4n) is 4.15. The van der Waals surface area contributed by atoms with Gasteiger partial charge in [0.15, 0.2) is 0 Å². The molecule has 2 aliphatic rings. The molecule has 1 aromatic heterocycles. The first-order valence-corrected chi connectivity index (χ1v) is 10.3. The molecular weight excluding hydrogens is 378 g/mol. The van der Waals surface area contributed by atoms with Crippen LogP contribution < -0.4 is 5.73 Å². The van der Waals surface area contributed by atoms with E-state index in [1.165, 1.54) is 6.42 Å². The van der Waals surface area contributed by atoms with Gasteiger partial charge in [0.1, 0.15) is 17.9 Å². The van der Waals surface area contributed by atoms with E-state index in [2.05, 4.69) is 4.98 Å². The maximum Gasteiger partial charge on any atom is 0.254 e. The molecule has 30 heavy (non-hydrogen) atoms. The SMILES string of the molecule is CN1CCN(C(=O)c2cccc(-c3cnc(N)c(C#N)c3)c2)C(CC2CCC2)C1=O. The van der Waals surface area contributed by atoms with Crippen molar-refractivity contribution < 1.29 is 9.59 Å². The molecular formula is C23H25N5O2. The fraction of sp³-hybridized carbons (Fsp3) is 0.391. The summed E-state index contributed by atoms with van der Waals surface area (Å²) in [6, 6.07) is 10.5. The highest BCUT2D eigenvalue weighted by molar-refractivity contribution is 5.99. The first-order valence-electron chi connectivity index (χ1n) is 10.3. The summed E-state index contributed by atoms with van der Waals surface area (Å²) in [5.41, 5.74) is 8.04. The van der Waals surface area contributed by atoms with Crippen LogP contribution in [0.2, 0.25) is 0 Å². The van der Waals surface area contributed by atoms with Gasteiger partial charge >= 0.3 is 0 Å². The van der Waals surface area contributed by atoms with Gasteiger partial charge in [-0.15, -0.1) is 0 Å². The van der Waals surface area contributed by atoms with Crippen LogP contribution in [0.5, 0.6) is 0 Å². The standard InChI is InChI=1S/C23H25N5O2/c1-27-8-9-28(20(23(27)30)10-15-4-2-5-15)22(29)17-7-3-6-16(11-17)19-12-18(13-24)21(25)26-14-19/h3,6-7,11-12,14-15,20H,2,4-5,8-10H2,1H3,(H2,25,26). The number of hydrogen-bond donors (Lipinski definition) is 1. The second kappa shape index (κ2) is 8.15. The average molecular weight is 403 g/mol. The monoisotopic (exact) mass is 403 g/mol. The first-order chi connectivity index (χ1) is 14.5. The third kappa shape index (κ3) is 3.73. The maximum atomic E-state index is 13.4. The summed E-state index contributed by atoms with van der Waals surface area (Å²) in [6.45, 7) is 1.07. The van der Waals surface area contributed by atoms with E-state index < -0.39 is 6.04 Å². The van der Waals surface area contributed by atoms with Crippen molar-refractivity contribution in [3.8, 4) is 17.2 Å². The summed E-state index contributed by atoms with van der Waals surface area (Å²) in [5, 5.41) is 9.21. The molecule has 0 spiro atoms. The molecule has 1 saturated heterocycles. The second-order valence-electron chi connectivity index (χ2n) is 8.16. The van der Waals surface area contributed by atoms with Crippen molar-refractivity contribution >= 4 is 17.6 Å². The van der Waals surface area contributed by atoms with E-state index >= 15 is 0 Å². The molecule has 1 aromatic carbocycles. The van der Waals surface area contributed by atoms with Gasteiger partial charge in [-0.1, -0.05) is 31.4 Å². The van der Waals surface area contributed by atoms with Crippen LogP contribution >= 0.6 is 0 Å². The van der Waals surface area contributed by atoms with Crippen molar-refractivity contribution in [2.75, 3.05) is 25.9 Å². The summed E-state index contributed by atoms with van der Waals surface area (Å²) < 4.78 is 0. The Morgan fingerprint density at radius 2 is 2.07 bits per heavy atom. The van der Waals surface area contributed by atoms with Crippen LogP contribution in [-0.4, -0.2) is 52.8 Å². The van der Waals surface area contributed by atoms with Crippen molar-refractivity contribution in [3.05, 3.63) is 47.7 Å². The molecule has 2 aromatic rings. The summed E-state index contributed by atoms with van der Waals surface area (Å²) >= 11 is 0. The topological polar surface area (TPSA) is 103 Å². The van der Waals surface area contributed by atoms with E-state index in [9.17, 15) is 14.9 Å². The van der Waals surface area contributed by atoms with Crippen LogP contribution in [0.25, 0.3) is 11.1 Å². The lowest BCUT2D eigenvalue weighted by molar-refractivity contribution is -0.139. The van der Waals surface area contributed by atoms with Gasteiger partial charge in [-0.05, 0) is 36.1 Å². The molecule has 0 bridgehead atoms. The van der Waals surface area contributed by atoms with Gasteiger partial charge < -0.3 is 15.5 Å². The molecule has 4 rings (SSSR count). The van der Waals surface area contributed by atoms with Crippen LogP contribution in [0.4, 0.5) is 5.82 Å². The Hall–Kier alpha value is -3.40. The third-order valence-electron chi connectivity index (χ3n) is 6.24. The highest BCUT2D eigenvalue weighted by atomic mass is 16.2. The number of hydrogen-bond acceptors (Lipinski definition) is 5. The Labute approximate surface area is 176 Å². The highest BCUT2D eigenvalue weighted by Gasteiger charge is 2.38. The molecule has 1 unspecified atom stereocenters. The molecule has 0 radical (unpaired) electrons. The van der Waals surface area contributed by atoms with Gasteiger partial charge in [-0.2, -0.15) is 5.26 Å². The molecule has 2 fully saturated rings. The number of carbonyl (C=O) groups excluding carboxylic acids is 2. The predicted molar refractivity (Wildman–Crippen MR) is 113 cm³/mol. The van der Waals surface area contributed by atoms with Crippen molar-refractivity contribution in [1.82, 2.24) is 14.8 Å². The lowest BCUT2D eigenvalue weighted by Crippen LogP contribution is -2.58. The van der Waals surface area contributed by atoms with Crippen LogP contribution in [0.15, 0.2) is 36.5 Å². The predicted octanol–water partition coefficient (Wildman–Crippen LogP) is 2.68. The average Bonchev–Trinajstić information content (AvgIpc) is 2.73. The van der Waals surface area contributed by atoms with Crippen LogP contribution in [0.3, 0.4) is 0 Å². The Morgan fingerprint density at radius 3 is 2.77 bits per heavy atom. The number of rotatable bonds is 4. The Bertz CT molecular complexity index is 1020. The number of benzene rings is 1. The quantitative estimate of drug-likeness (QED) is 0.845. The number of nitrogens with zero attached hydrogens (tertiary/aromatic N) is 4. The van der Waals surface area contributed by atoms with Gasteiger partial charge in [-0.3, -0.25) is 9.59 Å². The van der Waals surface area contributed by atoms with Gasteiger partial charge in [-0.25, -0.2) is 4.98 Å². The molecule has 1 atom stereocenters. The summed E-state index contributed by atoms with van der Waals surface area (Å²) in [7, 11) is 1.80. The zero-order chi connectivity index (χ0) is 21.3. The number of likely N-dealkylation sites (N-methyl/N-ethyl adjacent to an activating group) is 1. The zero-order valence-corrected chi connectivity index (χ0v) is 17.0. The van der Waals surface area contributed by atoms with Gasteiger partial charge in [0.05, 0.1) is 5.56 Å². The van der Waals surface area contributed by atoms with E-state index in [0.29, 0.717) is 30.1 Å². The lowest BCUT2D eigenvalue weighted by Gasteiger charge is -2.42. The zero-order valence-electron chi connectivity index (χ0n) is 17.0. The van der Waals surface area contributed by atoms with E-state index in [1.807, 2.05) is 18.2 Å². The minimum Gasteiger partial charge on any atom is -0.383 e. The van der Waals surface area contributed by atoms with E-state index in [-0.39, 0.29) is 17.6 Å². The number of aromatic nitrogens is 1. The minimum absolute atomic E-state index is 0.0269. The molecule has 1 aliphatic heterocycles. The van der Waals surface area contributed by atoms with E-state index in [1.54, 1.807) is 41.2 Å². The molecule has 2 amide bonds. The minimum atomic E-state index is -0.395. The lowest BCUT2D eigenvalue weighted by atomic mass is 9.80. The van der Waals surface area contributed by atoms with Crippen molar-refractivity contribution in [2.24, 2.45) is 5.92 Å². The Morgan fingerprint density at radius 1 is 1.27 bits per heavy atom. The van der Waals surface area contributed by atoms with E-state index in [0.717, 1.165) is 30.4 Å². The second-order valence-corrected chi connectivity index (χ2v) is 8.16. The van der Waals surface area contributed by atoms with Crippen LogP contribution in [0.1, 0.15) is 41.6 Å². The normalized spacial score (nSPS) is 19.3. The summed E-state index contributed by atoms with van der Waals surface area (Å²) in [4.78, 5) is 33.7. The number of amides is 2. The van der Waals surface area contributed by atoms with Crippen molar-refractivity contribution in [2.45, 2.75) is 31.7 Å². The first kappa shape index (κ1) is 19.9. The number of anilines is 1. The smallest absolute Gasteiger partial charge is 0.254 e. The molecule has 7 heteroatoms. The van der Waals surface area contributed by atoms with E-state index in [4.69, 9.17) is 5.73 Å². The van der Waals surface area contributed by atoms with Crippen LogP contribution in [-0.2, 0) is 4.79 Å². The van der Waals surface area contributed by atoms with Gasteiger partial charge in [0.25, 0.3) is 5.91 Å².